The maximum Gasteiger partial charge on any atom is 0.391 e. The number of hydrogen-bond donors (Lipinski definition) is 1. The number of halogens is 3. The molecule has 0 bridgehead atoms. The van der Waals surface area contributed by atoms with E-state index in [1.807, 2.05) is 12.1 Å². The summed E-state index contributed by atoms with van der Waals surface area (Å²) >= 11 is 0. The van der Waals surface area contributed by atoms with E-state index < -0.39 is 29.7 Å². The number of unbranched alkanes of at least 4 members (excludes halogenated alkanes) is 3. The van der Waals surface area contributed by atoms with Gasteiger partial charge in [0.15, 0.2) is 0 Å². The van der Waals surface area contributed by atoms with E-state index in [2.05, 4.69) is 6.92 Å². The molecule has 0 radical (unpaired) electrons. The van der Waals surface area contributed by atoms with Gasteiger partial charge < -0.3 is 10.5 Å². The number of aryl methyl sites for hydroxylation is 1. The molecule has 0 unspecified atom stereocenters. The molecule has 1 atom stereocenters. The molecule has 2 N–H and O–H groups in total. The van der Waals surface area contributed by atoms with Crippen LogP contribution >= 0.6 is 0 Å². The first-order chi connectivity index (χ1) is 12.3. The Labute approximate surface area is 160 Å². The summed E-state index contributed by atoms with van der Waals surface area (Å²) in [7, 11) is 0. The highest BCUT2D eigenvalue weighted by Gasteiger charge is 2.47. The van der Waals surface area contributed by atoms with Crippen molar-refractivity contribution in [1.82, 2.24) is 0 Å². The molecule has 0 fully saturated rings. The van der Waals surface area contributed by atoms with E-state index >= 15 is 0 Å². The zero-order chi connectivity index (χ0) is 20.7. The molecule has 0 aliphatic heterocycles. The number of hydrogen-bond acceptors (Lipinski definition) is 3. The van der Waals surface area contributed by atoms with Crippen LogP contribution in [0.4, 0.5) is 13.2 Å². The van der Waals surface area contributed by atoms with E-state index in [1.165, 1.54) is 0 Å². The van der Waals surface area contributed by atoms with Crippen molar-refractivity contribution in [1.29, 1.82) is 0 Å². The summed E-state index contributed by atoms with van der Waals surface area (Å²) in [5, 5.41) is 0. The molecule has 0 spiro atoms. The summed E-state index contributed by atoms with van der Waals surface area (Å²) in [6.45, 7) is 6.96. The third-order valence-corrected chi connectivity index (χ3v) is 4.15. The Balaban J connectivity index is 2.96. The summed E-state index contributed by atoms with van der Waals surface area (Å²) in [5.74, 6) is -1.03. The lowest BCUT2D eigenvalue weighted by molar-refractivity contribution is -0.179. The van der Waals surface area contributed by atoms with Gasteiger partial charge in [-0.15, -0.1) is 0 Å². The van der Waals surface area contributed by atoms with Gasteiger partial charge in [0, 0.05) is 6.42 Å². The monoisotopic (exact) mass is 387 g/mol. The van der Waals surface area contributed by atoms with E-state index in [1.54, 1.807) is 32.9 Å². The van der Waals surface area contributed by atoms with E-state index in [-0.39, 0.29) is 6.42 Å². The van der Waals surface area contributed by atoms with E-state index in [0.29, 0.717) is 5.56 Å². The fraction of sp³-hybridized carbons (Fsp3) is 0.667. The van der Waals surface area contributed by atoms with Crippen LogP contribution in [0.5, 0.6) is 0 Å². The molecular formula is C21H32F3NO2. The van der Waals surface area contributed by atoms with Gasteiger partial charge in [0.25, 0.3) is 0 Å². The lowest BCUT2D eigenvalue weighted by Gasteiger charge is -2.32. The van der Waals surface area contributed by atoms with Gasteiger partial charge in [-0.1, -0.05) is 50.5 Å². The first-order valence-corrected chi connectivity index (χ1v) is 9.51. The highest BCUT2D eigenvalue weighted by molar-refractivity contribution is 5.81. The predicted octanol–water partition coefficient (Wildman–Crippen LogP) is 5.34. The molecule has 1 aromatic carbocycles. The van der Waals surface area contributed by atoms with Crippen LogP contribution in [0.15, 0.2) is 24.3 Å². The van der Waals surface area contributed by atoms with Gasteiger partial charge in [-0.05, 0) is 44.7 Å². The van der Waals surface area contributed by atoms with Crippen LogP contribution in [-0.2, 0) is 22.4 Å². The van der Waals surface area contributed by atoms with E-state index in [4.69, 9.17) is 10.5 Å². The third-order valence-electron chi connectivity index (χ3n) is 4.15. The number of benzene rings is 1. The van der Waals surface area contributed by atoms with Crippen LogP contribution in [0, 0.1) is 0 Å². The van der Waals surface area contributed by atoms with Gasteiger partial charge in [-0.2, -0.15) is 13.2 Å². The Bertz CT molecular complexity index is 608. The molecule has 0 aromatic heterocycles. The molecule has 154 valence electrons. The molecule has 0 aliphatic carbocycles. The van der Waals surface area contributed by atoms with Crippen LogP contribution in [0.2, 0.25) is 0 Å². The van der Waals surface area contributed by atoms with Gasteiger partial charge in [0.2, 0.25) is 0 Å². The topological polar surface area (TPSA) is 52.3 Å². The fourth-order valence-corrected chi connectivity index (χ4v) is 2.96. The maximum absolute atomic E-state index is 13.1. The molecule has 0 aliphatic rings. The minimum absolute atomic E-state index is 0.218. The lowest BCUT2D eigenvalue weighted by Crippen LogP contribution is -2.55. The van der Waals surface area contributed by atoms with Crippen molar-refractivity contribution < 1.29 is 22.7 Å². The number of ether oxygens (including phenoxy) is 1. The number of esters is 1. The maximum atomic E-state index is 13.1. The summed E-state index contributed by atoms with van der Waals surface area (Å²) in [4.78, 5) is 12.4. The molecule has 27 heavy (non-hydrogen) atoms. The average molecular weight is 387 g/mol. The molecule has 6 heteroatoms. The van der Waals surface area contributed by atoms with Crippen molar-refractivity contribution >= 4 is 5.97 Å². The minimum atomic E-state index is -4.57. The third kappa shape index (κ3) is 9.27. The van der Waals surface area contributed by atoms with Gasteiger partial charge in [-0.3, -0.25) is 4.79 Å². The van der Waals surface area contributed by atoms with E-state index in [0.717, 1.165) is 37.7 Å². The van der Waals surface area contributed by atoms with Crippen molar-refractivity contribution in [3.63, 3.8) is 0 Å². The Morgan fingerprint density at radius 3 is 2.26 bits per heavy atom. The second-order valence-electron chi connectivity index (χ2n) is 8.26. The minimum Gasteiger partial charge on any atom is -0.459 e. The normalized spacial score (nSPS) is 14.7. The average Bonchev–Trinajstić information content (AvgIpc) is 2.48. The van der Waals surface area contributed by atoms with Crippen molar-refractivity contribution in [2.45, 2.75) is 90.0 Å². The van der Waals surface area contributed by atoms with Crippen LogP contribution in [-0.4, -0.2) is 23.3 Å². The van der Waals surface area contributed by atoms with Crippen molar-refractivity contribution in [3.8, 4) is 0 Å². The van der Waals surface area contributed by atoms with Crippen molar-refractivity contribution in [3.05, 3.63) is 35.4 Å². The van der Waals surface area contributed by atoms with Crippen molar-refractivity contribution in [2.24, 2.45) is 5.73 Å². The molecular weight excluding hydrogens is 355 g/mol. The molecule has 1 aromatic rings. The zero-order valence-electron chi connectivity index (χ0n) is 16.8. The summed E-state index contributed by atoms with van der Waals surface area (Å²) < 4.78 is 44.4. The Hall–Kier alpha value is -1.56. The van der Waals surface area contributed by atoms with Gasteiger partial charge in [0.1, 0.15) is 11.1 Å². The summed E-state index contributed by atoms with van der Waals surface area (Å²) in [5.41, 5.74) is 4.56. The number of carbonyl (C=O) groups is 1. The first kappa shape index (κ1) is 23.5. The molecule has 0 saturated carbocycles. The predicted molar refractivity (Wildman–Crippen MR) is 101 cm³/mol. The van der Waals surface area contributed by atoms with E-state index in [9.17, 15) is 18.0 Å². The fourth-order valence-electron chi connectivity index (χ4n) is 2.96. The van der Waals surface area contributed by atoms with Crippen molar-refractivity contribution in [2.75, 3.05) is 0 Å². The van der Waals surface area contributed by atoms with Crippen LogP contribution in [0.25, 0.3) is 0 Å². The van der Waals surface area contributed by atoms with Crippen LogP contribution in [0.1, 0.15) is 70.9 Å². The first-order valence-electron chi connectivity index (χ1n) is 9.51. The van der Waals surface area contributed by atoms with Crippen LogP contribution < -0.4 is 5.73 Å². The molecule has 0 heterocycles. The van der Waals surface area contributed by atoms with Gasteiger partial charge in [-0.25, -0.2) is 0 Å². The largest absolute Gasteiger partial charge is 0.459 e. The lowest BCUT2D eigenvalue weighted by atomic mass is 9.87. The molecule has 0 saturated heterocycles. The second-order valence-corrected chi connectivity index (χ2v) is 8.26. The second kappa shape index (κ2) is 9.58. The smallest absolute Gasteiger partial charge is 0.391 e. The SMILES string of the molecule is CCCCCCc1cccc(C[C@@](N)(CC(F)(F)F)C(=O)OC(C)(C)C)c1. The summed E-state index contributed by atoms with van der Waals surface area (Å²) in [6.07, 6.45) is -0.896. The highest BCUT2D eigenvalue weighted by atomic mass is 19.4. The molecule has 0 amide bonds. The van der Waals surface area contributed by atoms with Gasteiger partial charge in [0.05, 0.1) is 6.42 Å². The number of rotatable bonds is 9. The molecule has 1 rings (SSSR count). The Morgan fingerprint density at radius 2 is 1.70 bits per heavy atom. The number of nitrogens with two attached hydrogens (primary N) is 1. The molecule has 3 nitrogen and oxygen atoms in total. The quantitative estimate of drug-likeness (QED) is 0.459. The standard InChI is InChI=1S/C21H32F3NO2/c1-5-6-7-8-10-16-11-9-12-17(13-16)14-20(25,15-21(22,23)24)18(26)27-19(2,3)4/h9,11-13H,5-8,10,14-15,25H2,1-4H3/t20-/m1/s1. The Kier molecular flexibility index (Phi) is 8.33. The Morgan fingerprint density at radius 1 is 1.07 bits per heavy atom. The van der Waals surface area contributed by atoms with Gasteiger partial charge >= 0.3 is 12.1 Å². The zero-order valence-corrected chi connectivity index (χ0v) is 16.8. The number of carbonyl (C=O) groups excluding carboxylic acids is 1. The highest BCUT2D eigenvalue weighted by Crippen LogP contribution is 2.31. The summed E-state index contributed by atoms with van der Waals surface area (Å²) in [6, 6.07) is 7.30. The number of alkyl halides is 3. The van der Waals surface area contributed by atoms with Crippen LogP contribution in [0.3, 0.4) is 0 Å².